The summed E-state index contributed by atoms with van der Waals surface area (Å²) in [6.45, 7) is 4.30. The van der Waals surface area contributed by atoms with Crippen LogP contribution in [-0.2, 0) is 6.42 Å². The fourth-order valence-corrected chi connectivity index (χ4v) is 1.99. The molecule has 1 rings (SSSR count). The minimum Gasteiger partial charge on any atom is -0.496 e. The second kappa shape index (κ2) is 6.06. The van der Waals surface area contributed by atoms with Crippen LogP contribution in [0.4, 0.5) is 0 Å². The van der Waals surface area contributed by atoms with Crippen molar-refractivity contribution in [2.24, 2.45) is 0 Å². The Morgan fingerprint density at radius 2 is 1.87 bits per heavy atom. The van der Waals surface area contributed by atoms with Gasteiger partial charge in [-0.15, -0.1) is 0 Å². The van der Waals surface area contributed by atoms with Crippen molar-refractivity contribution in [3.63, 3.8) is 0 Å². The predicted octanol–water partition coefficient (Wildman–Crippen LogP) is 3.56. The average Bonchev–Trinajstić information content (AvgIpc) is 2.25. The molecule has 0 saturated carbocycles. The van der Waals surface area contributed by atoms with Crippen LogP contribution in [0.3, 0.4) is 0 Å². The normalized spacial score (nSPS) is 10.4. The Bertz CT molecular complexity index is 321. The number of unbranched alkanes of at least 4 members (excludes halogenated alkanes) is 1. The average molecular weight is 224 g/mol. The van der Waals surface area contributed by atoms with E-state index in [1.165, 1.54) is 29.5 Å². The Balaban J connectivity index is 2.77. The third kappa shape index (κ3) is 3.16. The lowest BCUT2D eigenvalue weighted by Gasteiger charge is -2.12. The Hall–Kier alpha value is -0.630. The van der Waals surface area contributed by atoms with Crippen molar-refractivity contribution in [1.29, 1.82) is 0 Å². The van der Waals surface area contributed by atoms with Crippen LogP contribution in [-0.4, -0.2) is 12.9 Å². The molecule has 2 heteroatoms. The van der Waals surface area contributed by atoms with Gasteiger partial charge in [0, 0.05) is 0 Å². The molecule has 0 heterocycles. The van der Waals surface area contributed by atoms with Gasteiger partial charge in [-0.1, -0.05) is 6.07 Å². The van der Waals surface area contributed by atoms with Gasteiger partial charge in [0.2, 0.25) is 0 Å². The van der Waals surface area contributed by atoms with Crippen molar-refractivity contribution in [2.45, 2.75) is 33.1 Å². The monoisotopic (exact) mass is 224 g/mol. The van der Waals surface area contributed by atoms with Gasteiger partial charge in [-0.2, -0.15) is 12.6 Å². The number of rotatable bonds is 5. The largest absolute Gasteiger partial charge is 0.496 e. The molecule has 0 bridgehead atoms. The molecule has 0 spiro atoms. The minimum atomic E-state index is 0.980. The van der Waals surface area contributed by atoms with Crippen LogP contribution in [0.25, 0.3) is 0 Å². The van der Waals surface area contributed by atoms with E-state index in [1.54, 1.807) is 7.11 Å². The summed E-state index contributed by atoms with van der Waals surface area (Å²) in [5.74, 6) is 1.97. The van der Waals surface area contributed by atoms with Gasteiger partial charge < -0.3 is 4.74 Å². The molecule has 84 valence electrons. The zero-order chi connectivity index (χ0) is 11.3. The zero-order valence-electron chi connectivity index (χ0n) is 9.84. The van der Waals surface area contributed by atoms with Gasteiger partial charge in [0.25, 0.3) is 0 Å². The highest BCUT2D eigenvalue weighted by molar-refractivity contribution is 7.80. The van der Waals surface area contributed by atoms with E-state index in [4.69, 9.17) is 4.74 Å². The molecule has 0 N–H and O–H groups in total. The maximum atomic E-state index is 5.29. The van der Waals surface area contributed by atoms with Gasteiger partial charge in [0.1, 0.15) is 5.75 Å². The van der Waals surface area contributed by atoms with Crippen LogP contribution in [0.15, 0.2) is 12.1 Å². The van der Waals surface area contributed by atoms with Crippen LogP contribution >= 0.6 is 12.6 Å². The van der Waals surface area contributed by atoms with Crippen molar-refractivity contribution >= 4 is 12.6 Å². The lowest BCUT2D eigenvalue weighted by molar-refractivity contribution is 0.411. The summed E-state index contributed by atoms with van der Waals surface area (Å²) < 4.78 is 5.29. The number of hydrogen-bond acceptors (Lipinski definition) is 2. The fourth-order valence-electron chi connectivity index (χ4n) is 1.77. The van der Waals surface area contributed by atoms with Crippen LogP contribution in [0.5, 0.6) is 5.75 Å². The van der Waals surface area contributed by atoms with E-state index in [1.807, 2.05) is 0 Å². The second-order valence-electron chi connectivity index (χ2n) is 3.86. The molecule has 0 aliphatic rings. The summed E-state index contributed by atoms with van der Waals surface area (Å²) in [4.78, 5) is 0. The third-order valence-corrected chi connectivity index (χ3v) is 3.24. The molecule has 0 aromatic heterocycles. The summed E-state index contributed by atoms with van der Waals surface area (Å²) in [5.41, 5.74) is 4.07. The van der Waals surface area contributed by atoms with E-state index in [2.05, 4.69) is 38.6 Å². The fraction of sp³-hybridized carbons (Fsp3) is 0.538. The van der Waals surface area contributed by atoms with E-state index in [9.17, 15) is 0 Å². The highest BCUT2D eigenvalue weighted by atomic mass is 32.1. The zero-order valence-corrected chi connectivity index (χ0v) is 10.7. The first kappa shape index (κ1) is 12.4. The molecule has 15 heavy (non-hydrogen) atoms. The molecule has 0 aliphatic heterocycles. The second-order valence-corrected chi connectivity index (χ2v) is 4.30. The molecule has 1 nitrogen and oxygen atoms in total. The lowest BCUT2D eigenvalue weighted by atomic mass is 9.98. The number of ether oxygens (including phenoxy) is 1. The van der Waals surface area contributed by atoms with Gasteiger partial charge in [0.15, 0.2) is 0 Å². The summed E-state index contributed by atoms with van der Waals surface area (Å²) >= 11 is 4.22. The van der Waals surface area contributed by atoms with Crippen LogP contribution in [0.2, 0.25) is 0 Å². The van der Waals surface area contributed by atoms with Gasteiger partial charge in [-0.05, 0) is 61.6 Å². The lowest BCUT2D eigenvalue weighted by Crippen LogP contribution is -1.96. The standard InChI is InChI=1S/C13H20OS/c1-10-11(2)13(14-3)8-7-12(10)6-4-5-9-15/h7-8,15H,4-6,9H2,1-3H3. The summed E-state index contributed by atoms with van der Waals surface area (Å²) in [7, 11) is 1.72. The molecule has 0 atom stereocenters. The number of aryl methyl sites for hydroxylation is 1. The summed E-state index contributed by atoms with van der Waals surface area (Å²) in [5, 5.41) is 0. The van der Waals surface area contributed by atoms with Crippen molar-refractivity contribution in [3.8, 4) is 5.75 Å². The maximum absolute atomic E-state index is 5.29. The van der Waals surface area contributed by atoms with E-state index in [0.717, 1.165) is 17.9 Å². The summed E-state index contributed by atoms with van der Waals surface area (Å²) in [6, 6.07) is 4.25. The first-order valence-electron chi connectivity index (χ1n) is 5.44. The van der Waals surface area contributed by atoms with Crippen molar-refractivity contribution < 1.29 is 4.74 Å². The van der Waals surface area contributed by atoms with Gasteiger partial charge >= 0.3 is 0 Å². The molecular weight excluding hydrogens is 204 g/mol. The molecule has 0 amide bonds. The van der Waals surface area contributed by atoms with Gasteiger partial charge in [0.05, 0.1) is 7.11 Å². The Kier molecular flexibility index (Phi) is 5.03. The van der Waals surface area contributed by atoms with Crippen molar-refractivity contribution in [3.05, 3.63) is 28.8 Å². The molecule has 0 aliphatic carbocycles. The molecule has 0 radical (unpaired) electrons. The topological polar surface area (TPSA) is 9.23 Å². The third-order valence-electron chi connectivity index (χ3n) is 2.92. The predicted molar refractivity (Wildman–Crippen MR) is 69.3 cm³/mol. The van der Waals surface area contributed by atoms with Crippen LogP contribution in [0, 0.1) is 13.8 Å². The molecule has 1 aromatic rings. The SMILES string of the molecule is COc1ccc(CCCCS)c(C)c1C. The maximum Gasteiger partial charge on any atom is 0.122 e. The number of thiol groups is 1. The number of benzene rings is 1. The van der Waals surface area contributed by atoms with Crippen molar-refractivity contribution in [2.75, 3.05) is 12.9 Å². The molecule has 0 fully saturated rings. The Morgan fingerprint density at radius 1 is 1.13 bits per heavy atom. The quantitative estimate of drug-likeness (QED) is 0.594. The van der Waals surface area contributed by atoms with Crippen LogP contribution in [0.1, 0.15) is 29.5 Å². The van der Waals surface area contributed by atoms with Crippen LogP contribution < -0.4 is 4.74 Å². The van der Waals surface area contributed by atoms with Gasteiger partial charge in [-0.3, -0.25) is 0 Å². The summed E-state index contributed by atoms with van der Waals surface area (Å²) in [6.07, 6.45) is 3.56. The molecule has 0 saturated heterocycles. The number of hydrogen-bond donors (Lipinski definition) is 1. The Labute approximate surface area is 98.3 Å². The number of methoxy groups -OCH3 is 1. The molecule has 0 unspecified atom stereocenters. The van der Waals surface area contributed by atoms with E-state index >= 15 is 0 Å². The van der Waals surface area contributed by atoms with Gasteiger partial charge in [-0.25, -0.2) is 0 Å². The van der Waals surface area contributed by atoms with Crippen molar-refractivity contribution in [1.82, 2.24) is 0 Å². The first-order chi connectivity index (χ1) is 7.20. The minimum absolute atomic E-state index is 0.980. The molecule has 1 aromatic carbocycles. The van der Waals surface area contributed by atoms with E-state index < -0.39 is 0 Å². The Morgan fingerprint density at radius 3 is 2.47 bits per heavy atom. The van der Waals surface area contributed by atoms with E-state index in [0.29, 0.717) is 0 Å². The van der Waals surface area contributed by atoms with E-state index in [-0.39, 0.29) is 0 Å². The highest BCUT2D eigenvalue weighted by Crippen LogP contribution is 2.24. The first-order valence-corrected chi connectivity index (χ1v) is 6.08. The molecular formula is C13H20OS. The highest BCUT2D eigenvalue weighted by Gasteiger charge is 2.05. The smallest absolute Gasteiger partial charge is 0.122 e.